The summed E-state index contributed by atoms with van der Waals surface area (Å²) in [6, 6.07) is 10.5. The van der Waals surface area contributed by atoms with E-state index in [2.05, 4.69) is 21.4 Å². The largest absolute Gasteiger partial charge is 0.398 e. The van der Waals surface area contributed by atoms with Gasteiger partial charge < -0.3 is 11.1 Å². The number of pyridine rings is 1. The number of nitriles is 1. The normalized spacial score (nSPS) is 13.8. The van der Waals surface area contributed by atoms with E-state index in [-0.39, 0.29) is 23.9 Å². The number of carbonyl (C=O) groups is 1. The molecule has 1 saturated carbocycles. The van der Waals surface area contributed by atoms with Gasteiger partial charge in [-0.2, -0.15) is 5.26 Å². The van der Waals surface area contributed by atoms with E-state index in [4.69, 9.17) is 5.73 Å². The first-order chi connectivity index (χ1) is 18.2. The zero-order chi connectivity index (χ0) is 27.4. The van der Waals surface area contributed by atoms with Crippen LogP contribution in [-0.4, -0.2) is 26.4 Å². The van der Waals surface area contributed by atoms with Crippen LogP contribution in [0.1, 0.15) is 68.3 Å². The Bertz CT molecular complexity index is 1500. The molecule has 0 aliphatic heterocycles. The van der Waals surface area contributed by atoms with Gasteiger partial charge in [0.05, 0.1) is 23.7 Å². The Morgan fingerprint density at radius 3 is 2.68 bits per heavy atom. The lowest BCUT2D eigenvalue weighted by Gasteiger charge is -2.26. The van der Waals surface area contributed by atoms with Crippen molar-refractivity contribution in [2.45, 2.75) is 64.6 Å². The summed E-state index contributed by atoms with van der Waals surface area (Å²) in [5, 5.41) is 13.1. The number of halogens is 1. The van der Waals surface area contributed by atoms with Crippen LogP contribution in [0, 0.1) is 24.1 Å². The number of benzene rings is 1. The SMILES string of the molecule is CCC(C#N)(CC)n1cc(-c2cnc(C)c(C(=O)C=C(N)c3ccc(CNC4CC4)cc3F)n2)ccc1=O.[HH]. The monoisotopic (exact) mass is 516 g/mol. The molecule has 0 atom stereocenters. The van der Waals surface area contributed by atoms with Gasteiger partial charge in [0.1, 0.15) is 17.1 Å². The Balaban J connectivity index is 0.00000420. The summed E-state index contributed by atoms with van der Waals surface area (Å²) in [6.45, 7) is 5.93. The topological polar surface area (TPSA) is 127 Å². The number of hydrogen-bond donors (Lipinski definition) is 2. The van der Waals surface area contributed by atoms with Crippen LogP contribution in [0.2, 0.25) is 0 Å². The van der Waals surface area contributed by atoms with Crippen LogP contribution >= 0.6 is 0 Å². The van der Waals surface area contributed by atoms with Gasteiger partial charge in [-0.15, -0.1) is 0 Å². The Kier molecular flexibility index (Phi) is 7.83. The van der Waals surface area contributed by atoms with Crippen LogP contribution in [0.5, 0.6) is 0 Å². The maximum atomic E-state index is 14.8. The molecular weight excluding hydrogens is 483 g/mol. The standard InChI is InChI=1S/C29H31FN6O2.H2/c1-4-29(5-2,17-31)36-16-20(7-11-27(36)38)25-15-33-18(3)28(35-25)26(37)13-24(32)22-10-6-19(12-23(22)30)14-34-21-8-9-21;/h6-7,10-13,15-16,21,34H,4-5,8-9,14,32H2,1-3H3;1H. The lowest BCUT2D eigenvalue weighted by molar-refractivity contribution is 0.104. The number of rotatable bonds is 10. The molecule has 8 nitrogen and oxygen atoms in total. The molecule has 1 fully saturated rings. The Hall–Kier alpha value is -4.16. The molecule has 0 bridgehead atoms. The fourth-order valence-electron chi connectivity index (χ4n) is 4.34. The van der Waals surface area contributed by atoms with Crippen molar-refractivity contribution in [1.29, 1.82) is 5.26 Å². The second-order valence-corrected chi connectivity index (χ2v) is 9.60. The number of allylic oxidation sites excluding steroid dienone is 1. The highest BCUT2D eigenvalue weighted by atomic mass is 19.1. The van der Waals surface area contributed by atoms with E-state index < -0.39 is 17.1 Å². The van der Waals surface area contributed by atoms with Crippen molar-refractivity contribution in [1.82, 2.24) is 19.9 Å². The van der Waals surface area contributed by atoms with Crippen LogP contribution in [0.15, 0.2) is 53.6 Å². The predicted molar refractivity (Wildman–Crippen MR) is 146 cm³/mol. The van der Waals surface area contributed by atoms with Crippen molar-refractivity contribution in [2.75, 3.05) is 0 Å². The first-order valence-electron chi connectivity index (χ1n) is 12.7. The van der Waals surface area contributed by atoms with E-state index >= 15 is 0 Å². The van der Waals surface area contributed by atoms with Crippen molar-refractivity contribution in [2.24, 2.45) is 5.73 Å². The van der Waals surface area contributed by atoms with Gasteiger partial charge in [-0.1, -0.05) is 19.9 Å². The number of aryl methyl sites for hydroxylation is 1. The number of aromatic nitrogens is 3. The second-order valence-electron chi connectivity index (χ2n) is 9.60. The minimum Gasteiger partial charge on any atom is -0.398 e. The molecule has 1 aliphatic rings. The molecule has 1 aliphatic carbocycles. The lowest BCUT2D eigenvalue weighted by Crippen LogP contribution is -2.38. The summed E-state index contributed by atoms with van der Waals surface area (Å²) in [5.74, 6) is -1.02. The third kappa shape index (κ3) is 5.55. The highest BCUT2D eigenvalue weighted by Gasteiger charge is 2.29. The maximum absolute atomic E-state index is 14.8. The van der Waals surface area contributed by atoms with Gasteiger partial charge in [0.15, 0.2) is 0 Å². The van der Waals surface area contributed by atoms with Gasteiger partial charge in [-0.05, 0) is 56.4 Å². The smallest absolute Gasteiger partial charge is 0.251 e. The van der Waals surface area contributed by atoms with E-state index in [0.717, 1.165) is 24.5 Å². The summed E-state index contributed by atoms with van der Waals surface area (Å²) < 4.78 is 16.2. The predicted octanol–water partition coefficient (Wildman–Crippen LogP) is 4.47. The van der Waals surface area contributed by atoms with Crippen molar-refractivity contribution in [3.8, 4) is 17.3 Å². The van der Waals surface area contributed by atoms with Gasteiger partial charge >= 0.3 is 0 Å². The molecular formula is C29H33FN6O2. The van der Waals surface area contributed by atoms with Crippen molar-refractivity contribution >= 4 is 11.5 Å². The fourth-order valence-corrected chi connectivity index (χ4v) is 4.34. The van der Waals surface area contributed by atoms with Gasteiger partial charge in [-0.25, -0.2) is 9.37 Å². The number of ketones is 1. The van der Waals surface area contributed by atoms with Crippen LogP contribution in [0.4, 0.5) is 4.39 Å². The number of hydrogen-bond acceptors (Lipinski definition) is 7. The van der Waals surface area contributed by atoms with Crippen LogP contribution in [-0.2, 0) is 12.1 Å². The van der Waals surface area contributed by atoms with Crippen LogP contribution in [0.3, 0.4) is 0 Å². The number of nitrogens with two attached hydrogens (primary N) is 1. The van der Waals surface area contributed by atoms with E-state index in [1.807, 2.05) is 13.8 Å². The zero-order valence-corrected chi connectivity index (χ0v) is 21.8. The third-order valence-electron chi connectivity index (χ3n) is 7.04. The quantitative estimate of drug-likeness (QED) is 0.301. The average Bonchev–Trinajstić information content (AvgIpc) is 3.74. The lowest BCUT2D eigenvalue weighted by atomic mass is 9.94. The highest BCUT2D eigenvalue weighted by Crippen LogP contribution is 2.26. The van der Waals surface area contributed by atoms with Crippen LogP contribution < -0.4 is 16.6 Å². The molecule has 38 heavy (non-hydrogen) atoms. The Labute approximate surface area is 222 Å². The van der Waals surface area contributed by atoms with Gasteiger partial charge in [0, 0.05) is 49.2 Å². The molecule has 2 aromatic heterocycles. The first-order valence-corrected chi connectivity index (χ1v) is 12.7. The summed E-state index contributed by atoms with van der Waals surface area (Å²) >= 11 is 0. The minimum atomic E-state index is -0.991. The van der Waals surface area contributed by atoms with E-state index in [1.54, 1.807) is 31.3 Å². The molecule has 3 aromatic rings. The molecule has 0 saturated heterocycles. The van der Waals surface area contributed by atoms with Gasteiger partial charge in [0.2, 0.25) is 5.78 Å². The summed E-state index contributed by atoms with van der Waals surface area (Å²) in [6.07, 6.45) is 7.41. The van der Waals surface area contributed by atoms with Gasteiger partial charge in [-0.3, -0.25) is 19.1 Å². The molecule has 0 spiro atoms. The molecule has 3 N–H and O–H groups in total. The first kappa shape index (κ1) is 26.9. The molecule has 4 rings (SSSR count). The van der Waals surface area contributed by atoms with Crippen molar-refractivity contribution in [3.63, 3.8) is 0 Å². The summed E-state index contributed by atoms with van der Waals surface area (Å²) in [4.78, 5) is 34.5. The number of nitrogens with zero attached hydrogens (tertiary/aromatic N) is 4. The summed E-state index contributed by atoms with van der Waals surface area (Å²) in [7, 11) is 0. The zero-order valence-electron chi connectivity index (χ0n) is 21.8. The average molecular weight is 517 g/mol. The van der Waals surface area contributed by atoms with Crippen molar-refractivity contribution < 1.29 is 10.6 Å². The molecule has 9 heteroatoms. The van der Waals surface area contributed by atoms with E-state index in [9.17, 15) is 19.2 Å². The molecule has 0 amide bonds. The second kappa shape index (κ2) is 11.1. The maximum Gasteiger partial charge on any atom is 0.251 e. The molecule has 2 heterocycles. The molecule has 0 radical (unpaired) electrons. The fraction of sp³-hybridized carbons (Fsp3) is 0.345. The highest BCUT2D eigenvalue weighted by molar-refractivity contribution is 6.07. The van der Waals surface area contributed by atoms with E-state index in [1.165, 1.54) is 22.9 Å². The molecule has 0 unspecified atom stereocenters. The Morgan fingerprint density at radius 1 is 1.32 bits per heavy atom. The third-order valence-corrected chi connectivity index (χ3v) is 7.04. The van der Waals surface area contributed by atoms with Gasteiger partial charge in [0.25, 0.3) is 5.56 Å². The van der Waals surface area contributed by atoms with Crippen LogP contribution in [0.25, 0.3) is 17.0 Å². The minimum absolute atomic E-state index is 0. The summed E-state index contributed by atoms with van der Waals surface area (Å²) in [5.41, 5.74) is 7.08. The van der Waals surface area contributed by atoms with E-state index in [0.29, 0.717) is 42.4 Å². The van der Waals surface area contributed by atoms with Crippen molar-refractivity contribution in [3.05, 3.63) is 87.5 Å². The number of nitrogens with one attached hydrogen (secondary N) is 1. The Morgan fingerprint density at radius 2 is 2.05 bits per heavy atom. The molecule has 198 valence electrons. The molecule has 1 aromatic carbocycles. The number of carbonyl (C=O) groups excluding carboxylic acids is 1.